The molecule has 1 aromatic carbocycles. The number of likely N-dealkylation sites (N-methyl/N-ethyl adjacent to an activating group) is 1. The number of rotatable bonds is 5. The average molecular weight is 326 g/mol. The molecule has 1 heterocycles. The lowest BCUT2D eigenvalue weighted by Crippen LogP contribution is -2.46. The molecule has 0 unspecified atom stereocenters. The molecule has 0 radical (unpaired) electrons. The van der Waals surface area contributed by atoms with Crippen LogP contribution in [0.1, 0.15) is 30.6 Å². The molecule has 0 bridgehead atoms. The second-order valence-corrected chi connectivity index (χ2v) is 5.86. The smallest absolute Gasteiger partial charge is 0.338 e. The third kappa shape index (κ3) is 3.84. The first-order chi connectivity index (χ1) is 10.6. The average Bonchev–Trinajstić information content (AvgIpc) is 2.52. The molecule has 0 aliphatic carbocycles. The van der Waals surface area contributed by atoms with Crippen molar-refractivity contribution in [3.05, 3.63) is 22.7 Å². The number of carbonyl (C=O) groups excluding carboxylic acids is 1. The second-order valence-electron chi connectivity index (χ2n) is 5.45. The Morgan fingerprint density at radius 2 is 1.95 bits per heavy atom. The molecule has 5 nitrogen and oxygen atoms in total. The number of esters is 1. The Hall–Kier alpha value is -1.46. The lowest BCUT2D eigenvalue weighted by molar-refractivity contribution is 0.0505. The molecule has 2 rings (SSSR count). The van der Waals surface area contributed by atoms with Crippen molar-refractivity contribution < 1.29 is 9.53 Å². The minimum atomic E-state index is -0.377. The Labute approximate surface area is 137 Å². The first-order valence-corrected chi connectivity index (χ1v) is 8.18. The number of hydrogen-bond acceptors (Lipinski definition) is 5. The summed E-state index contributed by atoms with van der Waals surface area (Å²) in [7, 11) is 0. The summed E-state index contributed by atoms with van der Waals surface area (Å²) in [5.41, 5.74) is 7.90. The Morgan fingerprint density at radius 1 is 1.27 bits per heavy atom. The van der Waals surface area contributed by atoms with Gasteiger partial charge >= 0.3 is 5.97 Å². The van der Waals surface area contributed by atoms with E-state index in [1.165, 1.54) is 0 Å². The maximum atomic E-state index is 11.9. The maximum Gasteiger partial charge on any atom is 0.338 e. The van der Waals surface area contributed by atoms with Gasteiger partial charge in [0.25, 0.3) is 0 Å². The number of carbonyl (C=O) groups is 1. The van der Waals surface area contributed by atoms with Gasteiger partial charge in [0.15, 0.2) is 0 Å². The summed E-state index contributed by atoms with van der Waals surface area (Å²) in [4.78, 5) is 16.5. The Balaban J connectivity index is 2.15. The largest absolute Gasteiger partial charge is 0.462 e. The Bertz CT molecular complexity index is 505. The van der Waals surface area contributed by atoms with Crippen LogP contribution in [0.15, 0.2) is 12.1 Å². The topological polar surface area (TPSA) is 58.8 Å². The van der Waals surface area contributed by atoms with Gasteiger partial charge in [-0.15, -0.1) is 0 Å². The van der Waals surface area contributed by atoms with Gasteiger partial charge in [0, 0.05) is 26.2 Å². The number of anilines is 2. The van der Waals surface area contributed by atoms with E-state index in [9.17, 15) is 4.79 Å². The molecule has 1 saturated heterocycles. The van der Waals surface area contributed by atoms with Crippen LogP contribution in [-0.2, 0) is 4.74 Å². The number of nitrogens with zero attached hydrogens (tertiary/aromatic N) is 2. The molecule has 122 valence electrons. The molecule has 22 heavy (non-hydrogen) atoms. The SMILES string of the molecule is CCCOC(=O)c1cc(N)c(N2CCN(CC)CC2)c(Cl)c1. The van der Waals surface area contributed by atoms with E-state index in [1.807, 2.05) is 6.92 Å². The van der Waals surface area contributed by atoms with Crippen LogP contribution in [0.2, 0.25) is 5.02 Å². The molecule has 1 fully saturated rings. The monoisotopic (exact) mass is 325 g/mol. The summed E-state index contributed by atoms with van der Waals surface area (Å²) in [6, 6.07) is 3.31. The van der Waals surface area contributed by atoms with Crippen molar-refractivity contribution in [3.8, 4) is 0 Å². The minimum Gasteiger partial charge on any atom is -0.462 e. The summed E-state index contributed by atoms with van der Waals surface area (Å²) < 4.78 is 5.13. The molecular weight excluding hydrogens is 302 g/mol. The lowest BCUT2D eigenvalue weighted by atomic mass is 10.1. The van der Waals surface area contributed by atoms with Crippen LogP contribution in [0.25, 0.3) is 0 Å². The second kappa shape index (κ2) is 7.70. The van der Waals surface area contributed by atoms with E-state index < -0.39 is 0 Å². The van der Waals surface area contributed by atoms with Crippen LogP contribution in [0, 0.1) is 0 Å². The fraction of sp³-hybridized carbons (Fsp3) is 0.562. The number of nitrogens with two attached hydrogens (primary N) is 1. The number of benzene rings is 1. The zero-order valence-corrected chi connectivity index (χ0v) is 14.0. The van der Waals surface area contributed by atoms with Gasteiger partial charge in [-0.3, -0.25) is 0 Å². The summed E-state index contributed by atoms with van der Waals surface area (Å²) in [5, 5.41) is 0.508. The van der Waals surface area contributed by atoms with Crippen molar-refractivity contribution in [2.24, 2.45) is 0 Å². The minimum absolute atomic E-state index is 0.377. The van der Waals surface area contributed by atoms with Gasteiger partial charge in [-0.25, -0.2) is 4.79 Å². The van der Waals surface area contributed by atoms with Crippen LogP contribution in [0.4, 0.5) is 11.4 Å². The third-order valence-electron chi connectivity index (χ3n) is 3.90. The van der Waals surface area contributed by atoms with Crippen molar-refractivity contribution in [1.82, 2.24) is 4.90 Å². The molecule has 6 heteroatoms. The molecule has 0 spiro atoms. The number of halogens is 1. The highest BCUT2D eigenvalue weighted by Crippen LogP contribution is 2.34. The zero-order valence-electron chi connectivity index (χ0n) is 13.3. The lowest BCUT2D eigenvalue weighted by Gasteiger charge is -2.36. The molecule has 0 atom stereocenters. The van der Waals surface area contributed by atoms with E-state index in [-0.39, 0.29) is 5.97 Å². The molecule has 0 saturated carbocycles. The quantitative estimate of drug-likeness (QED) is 0.666. The zero-order chi connectivity index (χ0) is 16.1. The van der Waals surface area contributed by atoms with Crippen molar-refractivity contribution >= 4 is 28.9 Å². The predicted molar refractivity (Wildman–Crippen MR) is 90.8 cm³/mol. The van der Waals surface area contributed by atoms with Crippen LogP contribution in [0.3, 0.4) is 0 Å². The Morgan fingerprint density at radius 3 is 2.50 bits per heavy atom. The van der Waals surface area contributed by atoms with E-state index in [4.69, 9.17) is 22.1 Å². The van der Waals surface area contributed by atoms with Crippen molar-refractivity contribution in [2.75, 3.05) is 50.0 Å². The van der Waals surface area contributed by atoms with E-state index in [0.29, 0.717) is 22.9 Å². The molecule has 1 aliphatic heterocycles. The van der Waals surface area contributed by atoms with E-state index in [1.54, 1.807) is 12.1 Å². The van der Waals surface area contributed by atoms with Gasteiger partial charge < -0.3 is 20.3 Å². The highest BCUT2D eigenvalue weighted by Gasteiger charge is 2.21. The number of piperazine rings is 1. The summed E-state index contributed by atoms with van der Waals surface area (Å²) in [6.45, 7) is 9.33. The van der Waals surface area contributed by atoms with Crippen LogP contribution in [0.5, 0.6) is 0 Å². The Kier molecular flexibility index (Phi) is 5.91. The number of hydrogen-bond donors (Lipinski definition) is 1. The predicted octanol–water partition coefficient (Wildman–Crippen LogP) is 2.63. The molecular formula is C16H24ClN3O2. The molecule has 0 amide bonds. The number of nitrogen functional groups attached to an aromatic ring is 1. The van der Waals surface area contributed by atoms with Crippen LogP contribution in [-0.4, -0.2) is 50.2 Å². The normalized spacial score (nSPS) is 15.9. The van der Waals surface area contributed by atoms with Gasteiger partial charge in [-0.1, -0.05) is 25.4 Å². The third-order valence-corrected chi connectivity index (χ3v) is 4.19. The summed E-state index contributed by atoms with van der Waals surface area (Å²) in [5.74, 6) is -0.377. The highest BCUT2D eigenvalue weighted by molar-refractivity contribution is 6.34. The van der Waals surface area contributed by atoms with Gasteiger partial charge in [-0.05, 0) is 25.1 Å². The first kappa shape index (κ1) is 16.9. The van der Waals surface area contributed by atoms with Gasteiger partial charge in [0.1, 0.15) is 0 Å². The van der Waals surface area contributed by atoms with Gasteiger partial charge in [-0.2, -0.15) is 0 Å². The van der Waals surface area contributed by atoms with Gasteiger partial charge in [0.2, 0.25) is 0 Å². The maximum absolute atomic E-state index is 11.9. The van der Waals surface area contributed by atoms with Crippen molar-refractivity contribution in [3.63, 3.8) is 0 Å². The van der Waals surface area contributed by atoms with Crippen molar-refractivity contribution in [2.45, 2.75) is 20.3 Å². The fourth-order valence-corrected chi connectivity index (χ4v) is 2.98. The number of ether oxygens (including phenoxy) is 1. The summed E-state index contributed by atoms with van der Waals surface area (Å²) >= 11 is 6.37. The molecule has 1 aliphatic rings. The molecule has 2 N–H and O–H groups in total. The van der Waals surface area contributed by atoms with Gasteiger partial charge in [0.05, 0.1) is 28.6 Å². The first-order valence-electron chi connectivity index (χ1n) is 7.80. The summed E-state index contributed by atoms with van der Waals surface area (Å²) in [6.07, 6.45) is 0.786. The van der Waals surface area contributed by atoms with Crippen molar-refractivity contribution in [1.29, 1.82) is 0 Å². The molecule has 0 aromatic heterocycles. The van der Waals surface area contributed by atoms with E-state index in [2.05, 4.69) is 16.7 Å². The van der Waals surface area contributed by atoms with Crippen LogP contribution >= 0.6 is 11.6 Å². The van der Waals surface area contributed by atoms with E-state index in [0.717, 1.165) is 44.8 Å². The van der Waals surface area contributed by atoms with E-state index >= 15 is 0 Å². The highest BCUT2D eigenvalue weighted by atomic mass is 35.5. The van der Waals surface area contributed by atoms with Crippen LogP contribution < -0.4 is 10.6 Å². The fourth-order valence-electron chi connectivity index (χ4n) is 2.64. The standard InChI is InChI=1S/C16H24ClN3O2/c1-3-9-22-16(21)12-10-13(17)15(14(18)11-12)20-7-5-19(4-2)6-8-20/h10-11H,3-9,18H2,1-2H3. The molecule has 1 aromatic rings.